The highest BCUT2D eigenvalue weighted by Gasteiger charge is 2.23. The third-order valence-electron chi connectivity index (χ3n) is 4.64. The maximum atomic E-state index is 14.1. The van der Waals surface area contributed by atoms with E-state index in [1.54, 1.807) is 23.5 Å². The van der Waals surface area contributed by atoms with E-state index < -0.39 is 0 Å². The lowest BCUT2D eigenvalue weighted by molar-refractivity contribution is 0.509. The predicted molar refractivity (Wildman–Crippen MR) is 98.3 cm³/mol. The van der Waals surface area contributed by atoms with Gasteiger partial charge in [0.1, 0.15) is 10.6 Å². The molecule has 0 saturated heterocycles. The van der Waals surface area contributed by atoms with Crippen molar-refractivity contribution in [2.75, 3.05) is 0 Å². The molecule has 1 aromatic carbocycles. The Morgan fingerprint density at radius 2 is 2.29 bits per heavy atom. The normalized spacial score (nSPS) is 17.2. The molecule has 2 heterocycles. The van der Waals surface area contributed by atoms with Gasteiger partial charge < -0.3 is 0 Å². The molecule has 0 N–H and O–H groups in total. The first-order valence-electron chi connectivity index (χ1n) is 7.96. The topological polar surface area (TPSA) is 34.9 Å². The van der Waals surface area contributed by atoms with Crippen molar-refractivity contribution >= 4 is 37.5 Å². The zero-order chi connectivity index (χ0) is 16.8. The maximum absolute atomic E-state index is 14.1. The van der Waals surface area contributed by atoms with Crippen molar-refractivity contribution in [1.82, 2.24) is 9.55 Å². The Kier molecular flexibility index (Phi) is 4.04. The van der Waals surface area contributed by atoms with Crippen LogP contribution in [0, 0.1) is 11.7 Å². The third kappa shape index (κ3) is 2.71. The molecule has 0 aliphatic heterocycles. The van der Waals surface area contributed by atoms with Gasteiger partial charge in [-0.05, 0) is 42.9 Å². The molecule has 3 nitrogen and oxygen atoms in total. The predicted octanol–water partition coefficient (Wildman–Crippen LogP) is 4.53. The summed E-state index contributed by atoms with van der Waals surface area (Å²) in [6, 6.07) is 4.89. The standard InChI is InChI=1S/C18H16BrFN2OS/c1-10-2-5-13-15(6-10)24-17-16(13)18(23)22(9-21-17)8-11-3-4-12(19)7-14(11)20/h3-4,7,9-10H,2,5-6,8H2,1H3/t10-/m0/s1. The summed E-state index contributed by atoms with van der Waals surface area (Å²) in [5.74, 6) is 0.335. The zero-order valence-corrected chi connectivity index (χ0v) is 15.6. The minimum atomic E-state index is -0.322. The summed E-state index contributed by atoms with van der Waals surface area (Å²) in [6.45, 7) is 2.44. The highest BCUT2D eigenvalue weighted by atomic mass is 79.9. The number of benzene rings is 1. The molecule has 3 aromatic rings. The van der Waals surface area contributed by atoms with Crippen molar-refractivity contribution in [3.8, 4) is 0 Å². The van der Waals surface area contributed by atoms with E-state index in [1.807, 2.05) is 0 Å². The third-order valence-corrected chi connectivity index (χ3v) is 6.29. The van der Waals surface area contributed by atoms with E-state index in [0.717, 1.165) is 35.0 Å². The molecule has 1 atom stereocenters. The molecule has 6 heteroatoms. The van der Waals surface area contributed by atoms with E-state index in [0.29, 0.717) is 16.0 Å². The molecule has 0 saturated carbocycles. The fourth-order valence-electron chi connectivity index (χ4n) is 3.31. The van der Waals surface area contributed by atoms with Crippen LogP contribution in [0.2, 0.25) is 0 Å². The van der Waals surface area contributed by atoms with E-state index in [-0.39, 0.29) is 17.9 Å². The molecule has 0 spiro atoms. The highest BCUT2D eigenvalue weighted by Crippen LogP contribution is 2.35. The van der Waals surface area contributed by atoms with Crippen LogP contribution in [0.5, 0.6) is 0 Å². The van der Waals surface area contributed by atoms with E-state index in [9.17, 15) is 9.18 Å². The molecular formula is C18H16BrFN2OS. The van der Waals surface area contributed by atoms with Gasteiger partial charge >= 0.3 is 0 Å². The number of hydrogen-bond donors (Lipinski definition) is 0. The number of aromatic nitrogens is 2. The van der Waals surface area contributed by atoms with Crippen LogP contribution in [-0.2, 0) is 19.4 Å². The fourth-order valence-corrected chi connectivity index (χ4v) is 4.99. The quantitative estimate of drug-likeness (QED) is 0.626. The van der Waals surface area contributed by atoms with Crippen molar-refractivity contribution in [2.45, 2.75) is 32.7 Å². The summed E-state index contributed by atoms with van der Waals surface area (Å²) in [7, 11) is 0. The lowest BCUT2D eigenvalue weighted by Gasteiger charge is -2.17. The minimum absolute atomic E-state index is 0.0608. The Balaban J connectivity index is 1.80. The van der Waals surface area contributed by atoms with Gasteiger partial charge in [0.25, 0.3) is 5.56 Å². The molecule has 1 aliphatic rings. The van der Waals surface area contributed by atoms with Gasteiger partial charge in [0.05, 0.1) is 18.3 Å². The number of rotatable bonds is 2. The van der Waals surface area contributed by atoms with Gasteiger partial charge in [0, 0.05) is 14.9 Å². The Hall–Kier alpha value is -1.53. The molecule has 0 bridgehead atoms. The molecular weight excluding hydrogens is 391 g/mol. The summed E-state index contributed by atoms with van der Waals surface area (Å²) in [5.41, 5.74) is 1.59. The van der Waals surface area contributed by atoms with Crippen LogP contribution in [0.3, 0.4) is 0 Å². The van der Waals surface area contributed by atoms with Gasteiger partial charge in [-0.25, -0.2) is 9.37 Å². The van der Waals surface area contributed by atoms with E-state index in [4.69, 9.17) is 0 Å². The van der Waals surface area contributed by atoms with Crippen LogP contribution in [-0.4, -0.2) is 9.55 Å². The van der Waals surface area contributed by atoms with Gasteiger partial charge in [-0.1, -0.05) is 28.9 Å². The van der Waals surface area contributed by atoms with Crippen molar-refractivity contribution in [2.24, 2.45) is 5.92 Å². The van der Waals surface area contributed by atoms with Crippen molar-refractivity contribution < 1.29 is 4.39 Å². The average molecular weight is 407 g/mol. The first-order chi connectivity index (χ1) is 11.5. The molecule has 4 rings (SSSR count). The maximum Gasteiger partial charge on any atom is 0.262 e. The minimum Gasteiger partial charge on any atom is -0.294 e. The summed E-state index contributed by atoms with van der Waals surface area (Å²) >= 11 is 4.88. The number of fused-ring (bicyclic) bond motifs is 3. The second-order valence-corrected chi connectivity index (χ2v) is 8.44. The van der Waals surface area contributed by atoms with Crippen LogP contribution in [0.4, 0.5) is 4.39 Å². The van der Waals surface area contributed by atoms with Gasteiger partial charge in [-0.3, -0.25) is 9.36 Å². The van der Waals surface area contributed by atoms with Crippen molar-refractivity contribution in [1.29, 1.82) is 0 Å². The van der Waals surface area contributed by atoms with E-state index >= 15 is 0 Å². The molecule has 2 aromatic heterocycles. The van der Waals surface area contributed by atoms with Crippen LogP contribution >= 0.6 is 27.3 Å². The van der Waals surface area contributed by atoms with Crippen LogP contribution in [0.25, 0.3) is 10.2 Å². The Morgan fingerprint density at radius 1 is 1.46 bits per heavy atom. The van der Waals surface area contributed by atoms with Crippen LogP contribution in [0.1, 0.15) is 29.3 Å². The van der Waals surface area contributed by atoms with E-state index in [1.165, 1.54) is 21.8 Å². The first kappa shape index (κ1) is 16.0. The number of aryl methyl sites for hydroxylation is 1. The number of nitrogens with zero attached hydrogens (tertiary/aromatic N) is 2. The van der Waals surface area contributed by atoms with Gasteiger partial charge in [-0.15, -0.1) is 11.3 Å². The number of halogens is 2. The molecule has 0 unspecified atom stereocenters. The Labute approximate surface area is 151 Å². The highest BCUT2D eigenvalue weighted by molar-refractivity contribution is 9.10. The molecule has 0 amide bonds. The smallest absolute Gasteiger partial charge is 0.262 e. The largest absolute Gasteiger partial charge is 0.294 e. The van der Waals surface area contributed by atoms with E-state index in [2.05, 4.69) is 27.8 Å². The summed E-state index contributed by atoms with van der Waals surface area (Å²) in [6.07, 6.45) is 4.60. The van der Waals surface area contributed by atoms with Crippen LogP contribution in [0.15, 0.2) is 33.8 Å². The average Bonchev–Trinajstić information content (AvgIpc) is 2.90. The molecule has 124 valence electrons. The van der Waals surface area contributed by atoms with Gasteiger partial charge in [-0.2, -0.15) is 0 Å². The van der Waals surface area contributed by atoms with Crippen molar-refractivity contribution in [3.05, 3.63) is 61.2 Å². The summed E-state index contributed by atoms with van der Waals surface area (Å²) in [4.78, 5) is 19.5. The first-order valence-corrected chi connectivity index (χ1v) is 9.57. The second-order valence-electron chi connectivity index (χ2n) is 6.45. The second kappa shape index (κ2) is 6.08. The lowest BCUT2D eigenvalue weighted by Crippen LogP contribution is -2.22. The van der Waals surface area contributed by atoms with Crippen LogP contribution < -0.4 is 5.56 Å². The lowest BCUT2D eigenvalue weighted by atomic mass is 9.89. The Morgan fingerprint density at radius 3 is 3.08 bits per heavy atom. The zero-order valence-electron chi connectivity index (χ0n) is 13.2. The molecule has 0 radical (unpaired) electrons. The molecule has 0 fully saturated rings. The van der Waals surface area contributed by atoms with Crippen molar-refractivity contribution in [3.63, 3.8) is 0 Å². The SMILES string of the molecule is C[C@H]1CCc2c(sc3ncn(Cc4ccc(Br)cc4F)c(=O)c23)C1. The Bertz CT molecular complexity index is 995. The molecule has 24 heavy (non-hydrogen) atoms. The molecule has 1 aliphatic carbocycles. The number of thiophene rings is 1. The summed E-state index contributed by atoms with van der Waals surface area (Å²) in [5, 5.41) is 0.738. The summed E-state index contributed by atoms with van der Waals surface area (Å²) < 4.78 is 16.3. The van der Waals surface area contributed by atoms with Gasteiger partial charge in [0.2, 0.25) is 0 Å². The number of hydrogen-bond acceptors (Lipinski definition) is 3. The monoisotopic (exact) mass is 406 g/mol. The van der Waals surface area contributed by atoms with Gasteiger partial charge in [0.15, 0.2) is 0 Å². The fraction of sp³-hybridized carbons (Fsp3) is 0.333.